The third-order valence-electron chi connectivity index (χ3n) is 4.69. The largest absolute Gasteiger partial charge is 0.371 e. The van der Waals surface area contributed by atoms with E-state index in [1.54, 1.807) is 0 Å². The molecule has 1 aromatic carbocycles. The Morgan fingerprint density at radius 3 is 2.74 bits per heavy atom. The first kappa shape index (κ1) is 20.6. The molecule has 0 bridgehead atoms. The van der Waals surface area contributed by atoms with Crippen molar-refractivity contribution in [2.75, 3.05) is 18.9 Å². The van der Waals surface area contributed by atoms with Crippen LogP contribution in [0.4, 0.5) is 5.69 Å². The normalized spacial score (nSPS) is 14.8. The number of para-hydroxylation sites is 1. The SMILES string of the molecule is C=CC/C(=C\C=C(/C)C1=CC=CCN1C)C(=C)Nc1ccccc1CCC. The topological polar surface area (TPSA) is 15.3 Å². The first-order valence-corrected chi connectivity index (χ1v) is 9.67. The van der Waals surface area contributed by atoms with Crippen molar-refractivity contribution in [3.05, 3.63) is 102 Å². The molecule has 0 radical (unpaired) electrons. The van der Waals surface area contributed by atoms with Crippen molar-refractivity contribution in [3.8, 4) is 0 Å². The van der Waals surface area contributed by atoms with E-state index in [0.29, 0.717) is 0 Å². The van der Waals surface area contributed by atoms with Gasteiger partial charge in [0.25, 0.3) is 0 Å². The number of hydrogen-bond donors (Lipinski definition) is 1. The monoisotopic (exact) mass is 360 g/mol. The summed E-state index contributed by atoms with van der Waals surface area (Å²) in [5, 5.41) is 3.52. The van der Waals surface area contributed by atoms with Crippen molar-refractivity contribution in [3.63, 3.8) is 0 Å². The smallest absolute Gasteiger partial charge is 0.0416 e. The molecule has 0 aliphatic carbocycles. The molecule has 0 saturated heterocycles. The lowest BCUT2D eigenvalue weighted by atomic mass is 10.0. The van der Waals surface area contributed by atoms with E-state index in [1.165, 1.54) is 16.8 Å². The number of benzene rings is 1. The van der Waals surface area contributed by atoms with Gasteiger partial charge in [-0.05, 0) is 48.6 Å². The molecule has 1 aliphatic heterocycles. The molecular weight excluding hydrogens is 328 g/mol. The Balaban J connectivity index is 2.21. The molecule has 1 heterocycles. The van der Waals surface area contributed by atoms with Crippen LogP contribution < -0.4 is 5.32 Å². The summed E-state index contributed by atoms with van der Waals surface area (Å²) in [6, 6.07) is 8.46. The van der Waals surface area contributed by atoms with Crippen LogP contribution in [0.3, 0.4) is 0 Å². The lowest BCUT2D eigenvalue weighted by Crippen LogP contribution is -2.20. The number of nitrogens with one attached hydrogen (secondary N) is 1. The maximum absolute atomic E-state index is 4.28. The van der Waals surface area contributed by atoms with Crippen molar-refractivity contribution in [2.45, 2.75) is 33.1 Å². The number of hydrogen-bond acceptors (Lipinski definition) is 2. The summed E-state index contributed by atoms with van der Waals surface area (Å²) < 4.78 is 0. The van der Waals surface area contributed by atoms with E-state index >= 15 is 0 Å². The number of nitrogens with zero attached hydrogens (tertiary/aromatic N) is 1. The fraction of sp³-hybridized carbons (Fsp3) is 0.280. The second kappa shape index (κ2) is 10.4. The first-order chi connectivity index (χ1) is 13.1. The van der Waals surface area contributed by atoms with Gasteiger partial charge in [0, 0.05) is 30.7 Å². The molecule has 0 atom stereocenters. The van der Waals surface area contributed by atoms with Crippen molar-refractivity contribution in [2.24, 2.45) is 0 Å². The Labute approximate surface area is 165 Å². The van der Waals surface area contributed by atoms with E-state index in [0.717, 1.165) is 42.8 Å². The van der Waals surface area contributed by atoms with Crippen LogP contribution in [0.1, 0.15) is 32.3 Å². The van der Waals surface area contributed by atoms with Gasteiger partial charge in [-0.1, -0.05) is 68.5 Å². The highest BCUT2D eigenvalue weighted by molar-refractivity contribution is 5.58. The molecular formula is C25H32N2. The molecule has 27 heavy (non-hydrogen) atoms. The van der Waals surface area contributed by atoms with Gasteiger partial charge in [0.15, 0.2) is 0 Å². The summed E-state index contributed by atoms with van der Waals surface area (Å²) in [7, 11) is 2.12. The molecule has 0 aromatic heterocycles. The molecule has 0 saturated carbocycles. The maximum atomic E-state index is 4.28. The summed E-state index contributed by atoms with van der Waals surface area (Å²) >= 11 is 0. The zero-order chi connectivity index (χ0) is 19.6. The minimum absolute atomic E-state index is 0.778. The molecule has 0 amide bonds. The molecule has 1 aliphatic rings. The van der Waals surface area contributed by atoms with E-state index in [4.69, 9.17) is 0 Å². The van der Waals surface area contributed by atoms with Gasteiger partial charge in [-0.2, -0.15) is 0 Å². The summed E-state index contributed by atoms with van der Waals surface area (Å²) in [4.78, 5) is 2.25. The molecule has 0 fully saturated rings. The van der Waals surface area contributed by atoms with Crippen LogP contribution in [0.5, 0.6) is 0 Å². The van der Waals surface area contributed by atoms with Crippen molar-refractivity contribution >= 4 is 5.69 Å². The molecule has 2 rings (SSSR count). The third-order valence-corrected chi connectivity index (χ3v) is 4.69. The molecule has 1 N–H and O–H groups in total. The Morgan fingerprint density at radius 1 is 1.26 bits per heavy atom. The molecule has 2 nitrogen and oxygen atoms in total. The Hall–Kier alpha value is -2.74. The second-order valence-electron chi connectivity index (χ2n) is 6.91. The van der Waals surface area contributed by atoms with Gasteiger partial charge in [-0.3, -0.25) is 0 Å². The van der Waals surface area contributed by atoms with Crippen LogP contribution in [-0.4, -0.2) is 18.5 Å². The van der Waals surface area contributed by atoms with Crippen LogP contribution in [-0.2, 0) is 6.42 Å². The zero-order valence-electron chi connectivity index (χ0n) is 17.0. The Morgan fingerprint density at radius 2 is 2.04 bits per heavy atom. The molecule has 2 heteroatoms. The Bertz CT molecular complexity index is 790. The van der Waals surface area contributed by atoms with Crippen molar-refractivity contribution in [1.29, 1.82) is 0 Å². The van der Waals surface area contributed by atoms with E-state index in [2.05, 4.69) is 98.9 Å². The van der Waals surface area contributed by atoms with Crippen LogP contribution >= 0.6 is 0 Å². The molecule has 1 aromatic rings. The van der Waals surface area contributed by atoms with Gasteiger partial charge < -0.3 is 10.2 Å². The van der Waals surface area contributed by atoms with Crippen LogP contribution in [0.15, 0.2) is 96.4 Å². The molecule has 0 spiro atoms. The summed E-state index contributed by atoms with van der Waals surface area (Å²) in [6.07, 6.45) is 15.7. The van der Waals surface area contributed by atoms with E-state index in [9.17, 15) is 0 Å². The predicted octanol–water partition coefficient (Wildman–Crippen LogP) is 6.40. The van der Waals surface area contributed by atoms with Gasteiger partial charge in [-0.25, -0.2) is 0 Å². The number of likely N-dealkylation sites (N-methyl/N-ethyl adjacent to an activating group) is 1. The highest BCUT2D eigenvalue weighted by atomic mass is 15.1. The van der Waals surface area contributed by atoms with Gasteiger partial charge in [0.2, 0.25) is 0 Å². The summed E-state index contributed by atoms with van der Waals surface area (Å²) in [5.41, 5.74) is 7.02. The van der Waals surface area contributed by atoms with Crippen LogP contribution in [0.2, 0.25) is 0 Å². The zero-order valence-corrected chi connectivity index (χ0v) is 17.0. The third kappa shape index (κ3) is 5.89. The van der Waals surface area contributed by atoms with Gasteiger partial charge in [0.1, 0.15) is 0 Å². The lowest BCUT2D eigenvalue weighted by Gasteiger charge is -2.24. The average molecular weight is 361 g/mol. The highest BCUT2D eigenvalue weighted by Gasteiger charge is 2.08. The van der Waals surface area contributed by atoms with E-state index in [1.807, 2.05) is 6.08 Å². The Kier molecular flexibility index (Phi) is 7.94. The van der Waals surface area contributed by atoms with Crippen molar-refractivity contribution in [1.82, 2.24) is 4.90 Å². The fourth-order valence-corrected chi connectivity index (χ4v) is 3.17. The van der Waals surface area contributed by atoms with Crippen molar-refractivity contribution < 1.29 is 0 Å². The number of allylic oxidation sites excluding steroid dienone is 7. The minimum atomic E-state index is 0.778. The number of rotatable bonds is 9. The standard InChI is InChI=1S/C25H32N2/c1-6-12-22(18-17-20(3)25-16-10-11-19-27(25)5)21(4)26-24-15-9-8-14-23(24)13-7-2/h6,8-11,14-18,26H,1,4,7,12-13,19H2,2-3,5H3/b20-17+,22-18+. The number of aryl methyl sites for hydroxylation is 1. The summed E-state index contributed by atoms with van der Waals surface area (Å²) in [5.74, 6) is 0. The first-order valence-electron chi connectivity index (χ1n) is 9.67. The average Bonchev–Trinajstić information content (AvgIpc) is 2.67. The van der Waals surface area contributed by atoms with Gasteiger partial charge in [0.05, 0.1) is 0 Å². The highest BCUT2D eigenvalue weighted by Crippen LogP contribution is 2.23. The second-order valence-corrected chi connectivity index (χ2v) is 6.91. The van der Waals surface area contributed by atoms with E-state index in [-0.39, 0.29) is 0 Å². The van der Waals surface area contributed by atoms with Gasteiger partial charge in [-0.15, -0.1) is 6.58 Å². The molecule has 0 unspecified atom stereocenters. The maximum Gasteiger partial charge on any atom is 0.0416 e. The quantitative estimate of drug-likeness (QED) is 0.405. The van der Waals surface area contributed by atoms with Gasteiger partial charge >= 0.3 is 0 Å². The van der Waals surface area contributed by atoms with Crippen LogP contribution in [0, 0.1) is 0 Å². The number of anilines is 1. The molecule has 142 valence electrons. The minimum Gasteiger partial charge on any atom is -0.371 e. The summed E-state index contributed by atoms with van der Waals surface area (Å²) in [6.45, 7) is 13.5. The fourth-order valence-electron chi connectivity index (χ4n) is 3.17. The predicted molar refractivity (Wildman–Crippen MR) is 120 cm³/mol. The lowest BCUT2D eigenvalue weighted by molar-refractivity contribution is 0.467. The van der Waals surface area contributed by atoms with Crippen LogP contribution in [0.25, 0.3) is 0 Å². The van der Waals surface area contributed by atoms with E-state index < -0.39 is 0 Å².